The van der Waals surface area contributed by atoms with Gasteiger partial charge in [0.1, 0.15) is 5.75 Å². The summed E-state index contributed by atoms with van der Waals surface area (Å²) in [6.07, 6.45) is 1.03. The van der Waals surface area contributed by atoms with E-state index < -0.39 is 5.54 Å². The van der Waals surface area contributed by atoms with Crippen molar-refractivity contribution in [3.8, 4) is 5.75 Å². The Morgan fingerprint density at radius 3 is 2.24 bits per heavy atom. The van der Waals surface area contributed by atoms with E-state index in [1.165, 1.54) is 0 Å². The maximum Gasteiger partial charge on any atom is 0.119 e. The second kappa shape index (κ2) is 6.03. The lowest BCUT2D eigenvalue weighted by atomic mass is 9.89. The van der Waals surface area contributed by atoms with Gasteiger partial charge in [-0.05, 0) is 38.0 Å². The largest absolute Gasteiger partial charge is 0.491 e. The summed E-state index contributed by atoms with van der Waals surface area (Å²) < 4.78 is 10.8. The van der Waals surface area contributed by atoms with E-state index in [1.807, 2.05) is 38.1 Å². The topological polar surface area (TPSA) is 44.5 Å². The van der Waals surface area contributed by atoms with E-state index >= 15 is 0 Å². The number of rotatable bonds is 6. The van der Waals surface area contributed by atoms with Crippen LogP contribution >= 0.6 is 0 Å². The number of nitrogens with two attached hydrogens (primary N) is 1. The van der Waals surface area contributed by atoms with Gasteiger partial charge in [-0.2, -0.15) is 0 Å². The monoisotopic (exact) mass is 237 g/mol. The van der Waals surface area contributed by atoms with Crippen LogP contribution in [0.2, 0.25) is 0 Å². The van der Waals surface area contributed by atoms with Gasteiger partial charge >= 0.3 is 0 Å². The molecule has 0 bridgehead atoms. The molecule has 0 aliphatic heterocycles. The van der Waals surface area contributed by atoms with Crippen LogP contribution in [0.5, 0.6) is 5.75 Å². The van der Waals surface area contributed by atoms with Crippen LogP contribution in [0.4, 0.5) is 0 Å². The summed E-state index contributed by atoms with van der Waals surface area (Å²) in [6, 6.07) is 7.95. The molecule has 1 aromatic carbocycles. The molecular weight excluding hydrogens is 214 g/mol. The zero-order valence-electron chi connectivity index (χ0n) is 11.2. The summed E-state index contributed by atoms with van der Waals surface area (Å²) in [7, 11) is 1.67. The Morgan fingerprint density at radius 2 is 1.82 bits per heavy atom. The molecular formula is C14H23NO2. The van der Waals surface area contributed by atoms with E-state index in [2.05, 4.69) is 6.92 Å². The van der Waals surface area contributed by atoms with E-state index in [9.17, 15) is 0 Å². The van der Waals surface area contributed by atoms with Crippen LogP contribution in [0.3, 0.4) is 0 Å². The Bertz CT molecular complexity index is 335. The Labute approximate surface area is 104 Å². The van der Waals surface area contributed by atoms with Crippen LogP contribution in [-0.4, -0.2) is 19.8 Å². The van der Waals surface area contributed by atoms with Gasteiger partial charge in [0.15, 0.2) is 0 Å². The highest BCUT2D eigenvalue weighted by Crippen LogP contribution is 2.25. The molecule has 0 amide bonds. The van der Waals surface area contributed by atoms with Crippen LogP contribution in [0, 0.1) is 0 Å². The molecule has 1 rings (SSSR count). The first-order chi connectivity index (χ1) is 8.01. The van der Waals surface area contributed by atoms with Gasteiger partial charge in [0.05, 0.1) is 18.2 Å². The molecule has 1 unspecified atom stereocenters. The van der Waals surface area contributed by atoms with Gasteiger partial charge in [0.2, 0.25) is 0 Å². The zero-order chi connectivity index (χ0) is 12.9. The Kier molecular flexibility index (Phi) is 4.97. The predicted octanol–water partition coefficient (Wildman–Crippen LogP) is 2.68. The van der Waals surface area contributed by atoms with Crippen molar-refractivity contribution in [2.45, 2.75) is 38.8 Å². The molecule has 0 radical (unpaired) electrons. The van der Waals surface area contributed by atoms with Crippen molar-refractivity contribution >= 4 is 0 Å². The van der Waals surface area contributed by atoms with Crippen LogP contribution in [0.15, 0.2) is 24.3 Å². The van der Waals surface area contributed by atoms with E-state index in [4.69, 9.17) is 15.2 Å². The standard InChI is InChI=1S/C14H23NO2/c1-5-14(15,10-16-4)12-6-8-13(9-7-12)17-11(2)3/h6-9,11H,5,10,15H2,1-4H3. The third kappa shape index (κ3) is 3.72. The van der Waals surface area contributed by atoms with Crippen LogP contribution in [0.1, 0.15) is 32.8 Å². The van der Waals surface area contributed by atoms with Crippen LogP contribution in [0.25, 0.3) is 0 Å². The quantitative estimate of drug-likeness (QED) is 0.827. The molecule has 2 N–H and O–H groups in total. The molecule has 0 aliphatic rings. The van der Waals surface area contributed by atoms with Crippen molar-refractivity contribution in [1.82, 2.24) is 0 Å². The van der Waals surface area contributed by atoms with E-state index in [0.717, 1.165) is 17.7 Å². The van der Waals surface area contributed by atoms with Gasteiger partial charge in [-0.25, -0.2) is 0 Å². The van der Waals surface area contributed by atoms with E-state index in [1.54, 1.807) is 7.11 Å². The van der Waals surface area contributed by atoms with Crippen molar-refractivity contribution < 1.29 is 9.47 Å². The summed E-state index contributed by atoms with van der Waals surface area (Å²) in [5.74, 6) is 0.875. The average Bonchev–Trinajstić information content (AvgIpc) is 2.29. The minimum atomic E-state index is -0.412. The second-order valence-electron chi connectivity index (χ2n) is 4.63. The average molecular weight is 237 g/mol. The molecule has 0 saturated heterocycles. The van der Waals surface area contributed by atoms with Crippen molar-refractivity contribution in [3.05, 3.63) is 29.8 Å². The van der Waals surface area contributed by atoms with Gasteiger partial charge < -0.3 is 15.2 Å². The number of methoxy groups -OCH3 is 1. The minimum absolute atomic E-state index is 0.189. The van der Waals surface area contributed by atoms with Crippen molar-refractivity contribution in [2.24, 2.45) is 5.73 Å². The lowest BCUT2D eigenvalue weighted by molar-refractivity contribution is 0.129. The molecule has 0 heterocycles. The first-order valence-electron chi connectivity index (χ1n) is 6.07. The smallest absolute Gasteiger partial charge is 0.119 e. The highest BCUT2D eigenvalue weighted by molar-refractivity contribution is 5.32. The first kappa shape index (κ1) is 14.0. The fraction of sp³-hybridized carbons (Fsp3) is 0.571. The fourth-order valence-corrected chi connectivity index (χ4v) is 1.78. The number of benzene rings is 1. The molecule has 1 atom stereocenters. The fourth-order valence-electron chi connectivity index (χ4n) is 1.78. The third-order valence-corrected chi connectivity index (χ3v) is 2.83. The normalized spacial score (nSPS) is 14.7. The Balaban J connectivity index is 2.85. The summed E-state index contributed by atoms with van der Waals surface area (Å²) in [6.45, 7) is 6.61. The molecule has 0 aliphatic carbocycles. The maximum absolute atomic E-state index is 6.31. The molecule has 96 valence electrons. The summed E-state index contributed by atoms with van der Waals surface area (Å²) in [5.41, 5.74) is 6.98. The molecule has 3 heteroatoms. The predicted molar refractivity (Wildman–Crippen MR) is 70.2 cm³/mol. The van der Waals surface area contributed by atoms with Gasteiger partial charge in [0.25, 0.3) is 0 Å². The third-order valence-electron chi connectivity index (χ3n) is 2.83. The summed E-state index contributed by atoms with van der Waals surface area (Å²) >= 11 is 0. The van der Waals surface area contributed by atoms with E-state index in [-0.39, 0.29) is 6.10 Å². The molecule has 3 nitrogen and oxygen atoms in total. The molecule has 0 spiro atoms. The lowest BCUT2D eigenvalue weighted by Crippen LogP contribution is -2.40. The SMILES string of the molecule is CCC(N)(COC)c1ccc(OC(C)C)cc1. The molecule has 0 aromatic heterocycles. The Morgan fingerprint density at radius 1 is 1.24 bits per heavy atom. The van der Waals surface area contributed by atoms with E-state index in [0.29, 0.717) is 6.61 Å². The zero-order valence-corrected chi connectivity index (χ0v) is 11.2. The highest BCUT2D eigenvalue weighted by atomic mass is 16.5. The molecule has 0 saturated carbocycles. The van der Waals surface area contributed by atoms with Crippen LogP contribution < -0.4 is 10.5 Å². The van der Waals surface area contributed by atoms with Crippen molar-refractivity contribution in [1.29, 1.82) is 0 Å². The van der Waals surface area contributed by atoms with Gasteiger partial charge in [-0.1, -0.05) is 19.1 Å². The summed E-state index contributed by atoms with van der Waals surface area (Å²) in [4.78, 5) is 0. The van der Waals surface area contributed by atoms with Gasteiger partial charge in [-0.3, -0.25) is 0 Å². The number of ether oxygens (including phenoxy) is 2. The highest BCUT2D eigenvalue weighted by Gasteiger charge is 2.24. The van der Waals surface area contributed by atoms with Crippen molar-refractivity contribution in [2.75, 3.05) is 13.7 Å². The summed E-state index contributed by atoms with van der Waals surface area (Å²) in [5, 5.41) is 0. The first-order valence-corrected chi connectivity index (χ1v) is 6.07. The minimum Gasteiger partial charge on any atom is -0.491 e. The molecule has 1 aromatic rings. The maximum atomic E-state index is 6.31. The number of hydrogen-bond donors (Lipinski definition) is 1. The Hall–Kier alpha value is -1.06. The van der Waals surface area contributed by atoms with Gasteiger partial charge in [-0.15, -0.1) is 0 Å². The lowest BCUT2D eigenvalue weighted by Gasteiger charge is -2.28. The van der Waals surface area contributed by atoms with Crippen LogP contribution in [-0.2, 0) is 10.3 Å². The molecule has 0 fully saturated rings. The second-order valence-corrected chi connectivity index (χ2v) is 4.63. The van der Waals surface area contributed by atoms with Gasteiger partial charge in [0, 0.05) is 7.11 Å². The number of hydrogen-bond acceptors (Lipinski definition) is 3. The van der Waals surface area contributed by atoms with Crippen molar-refractivity contribution in [3.63, 3.8) is 0 Å². The molecule has 17 heavy (non-hydrogen) atoms.